The van der Waals surface area contributed by atoms with Gasteiger partial charge in [-0.2, -0.15) is 0 Å². The molecule has 0 saturated heterocycles. The molecule has 0 aliphatic carbocycles. The summed E-state index contributed by atoms with van der Waals surface area (Å²) in [5.74, 6) is 0. The Morgan fingerprint density at radius 1 is 0.852 bits per heavy atom. The van der Waals surface area contributed by atoms with Crippen LogP contribution in [-0.4, -0.2) is 9.38 Å². The van der Waals surface area contributed by atoms with E-state index in [1.165, 1.54) is 54.9 Å². The molecule has 3 aromatic carbocycles. The first-order chi connectivity index (χ1) is 13.3. The van der Waals surface area contributed by atoms with Gasteiger partial charge in [-0.3, -0.25) is 0 Å². The standard InChI is InChI=1S/C24H18N3/c1-15-18(20-11-12-25-14-26(20)2)13-19-16-7-3-5-9-21(16)27-22-10-6-4-8-17(22)23(15)24(19)27/h3-14H,1-2H3/q+1. The fourth-order valence-electron chi connectivity index (χ4n) is 4.66. The molecule has 3 nitrogen and oxygen atoms in total. The van der Waals surface area contributed by atoms with E-state index in [1.54, 1.807) is 0 Å². The Balaban J connectivity index is 1.95. The lowest BCUT2D eigenvalue weighted by atomic mass is 9.96. The normalized spacial score (nSPS) is 12.1. The van der Waals surface area contributed by atoms with Crippen molar-refractivity contribution < 1.29 is 4.57 Å². The maximum absolute atomic E-state index is 4.25. The second-order valence-corrected chi connectivity index (χ2v) is 7.27. The van der Waals surface area contributed by atoms with E-state index in [0.717, 1.165) is 0 Å². The summed E-state index contributed by atoms with van der Waals surface area (Å²) >= 11 is 0. The number of aryl methyl sites for hydroxylation is 2. The van der Waals surface area contributed by atoms with Gasteiger partial charge in [-0.25, -0.2) is 4.57 Å². The zero-order chi connectivity index (χ0) is 18.1. The smallest absolute Gasteiger partial charge is 0.286 e. The summed E-state index contributed by atoms with van der Waals surface area (Å²) in [6.07, 6.45) is 3.74. The van der Waals surface area contributed by atoms with Crippen LogP contribution in [0.25, 0.3) is 49.4 Å². The minimum atomic E-state index is 1.18. The number of hydrogen-bond donors (Lipinski definition) is 0. The van der Waals surface area contributed by atoms with E-state index in [0.29, 0.717) is 0 Å². The Bertz CT molecular complexity index is 1490. The number of fused-ring (bicyclic) bond motifs is 6. The Morgan fingerprint density at radius 2 is 1.56 bits per heavy atom. The van der Waals surface area contributed by atoms with Crippen molar-refractivity contribution in [3.63, 3.8) is 0 Å². The largest absolute Gasteiger partial charge is 0.308 e. The highest BCUT2D eigenvalue weighted by molar-refractivity contribution is 6.25. The maximum Gasteiger partial charge on any atom is 0.286 e. The number of para-hydroxylation sites is 2. The quantitative estimate of drug-likeness (QED) is 0.382. The molecule has 0 radical (unpaired) electrons. The first-order valence-electron chi connectivity index (χ1n) is 9.22. The zero-order valence-corrected chi connectivity index (χ0v) is 15.3. The van der Waals surface area contributed by atoms with Crippen molar-refractivity contribution in [1.82, 2.24) is 9.38 Å². The predicted octanol–water partition coefficient (Wildman–Crippen LogP) is 5.03. The van der Waals surface area contributed by atoms with Crippen LogP contribution in [0.5, 0.6) is 0 Å². The van der Waals surface area contributed by atoms with Crippen molar-refractivity contribution in [2.75, 3.05) is 0 Å². The molecule has 3 aromatic heterocycles. The Labute approximate surface area is 156 Å². The van der Waals surface area contributed by atoms with Crippen LogP contribution in [0.15, 0.2) is 73.2 Å². The number of aromatic nitrogens is 3. The molecule has 27 heavy (non-hydrogen) atoms. The maximum atomic E-state index is 4.25. The van der Waals surface area contributed by atoms with E-state index in [4.69, 9.17) is 0 Å². The van der Waals surface area contributed by atoms with Gasteiger partial charge >= 0.3 is 0 Å². The van der Waals surface area contributed by atoms with E-state index < -0.39 is 0 Å². The van der Waals surface area contributed by atoms with Crippen molar-refractivity contribution in [2.24, 2.45) is 7.05 Å². The van der Waals surface area contributed by atoms with Gasteiger partial charge in [0.05, 0.1) is 23.6 Å². The molecular weight excluding hydrogens is 330 g/mol. The van der Waals surface area contributed by atoms with Crippen LogP contribution < -0.4 is 4.57 Å². The van der Waals surface area contributed by atoms with Gasteiger partial charge in [0.25, 0.3) is 6.33 Å². The van der Waals surface area contributed by atoms with Crippen LogP contribution in [0.3, 0.4) is 0 Å². The van der Waals surface area contributed by atoms with Gasteiger partial charge in [0, 0.05) is 33.2 Å². The predicted molar refractivity (Wildman–Crippen MR) is 110 cm³/mol. The molecule has 6 aromatic rings. The first kappa shape index (κ1) is 14.7. The Hall–Kier alpha value is -3.46. The van der Waals surface area contributed by atoms with Crippen molar-refractivity contribution >= 4 is 38.1 Å². The van der Waals surface area contributed by atoms with E-state index in [9.17, 15) is 0 Å². The summed E-state index contributed by atoms with van der Waals surface area (Å²) in [6, 6.07) is 21.9. The summed E-state index contributed by atoms with van der Waals surface area (Å²) < 4.78 is 4.53. The van der Waals surface area contributed by atoms with E-state index >= 15 is 0 Å². The molecule has 0 aliphatic heterocycles. The summed E-state index contributed by atoms with van der Waals surface area (Å²) in [7, 11) is 2.06. The molecule has 0 spiro atoms. The van der Waals surface area contributed by atoms with Gasteiger partial charge in [0.2, 0.25) is 0 Å². The summed E-state index contributed by atoms with van der Waals surface area (Å²) in [4.78, 5) is 4.25. The monoisotopic (exact) mass is 348 g/mol. The topological polar surface area (TPSA) is 21.2 Å². The molecule has 6 rings (SSSR count). The highest BCUT2D eigenvalue weighted by Gasteiger charge is 2.22. The Kier molecular flexibility index (Phi) is 2.74. The fourth-order valence-corrected chi connectivity index (χ4v) is 4.66. The average molecular weight is 348 g/mol. The lowest BCUT2D eigenvalue weighted by Gasteiger charge is -2.09. The third-order valence-corrected chi connectivity index (χ3v) is 5.85. The van der Waals surface area contributed by atoms with Crippen LogP contribution in [0.4, 0.5) is 0 Å². The van der Waals surface area contributed by atoms with Gasteiger partial charge in [-0.05, 0) is 30.7 Å². The second-order valence-electron chi connectivity index (χ2n) is 7.27. The van der Waals surface area contributed by atoms with Gasteiger partial charge < -0.3 is 4.40 Å². The van der Waals surface area contributed by atoms with Gasteiger partial charge in [-0.15, -0.1) is 0 Å². The summed E-state index contributed by atoms with van der Waals surface area (Å²) in [6.45, 7) is 2.24. The van der Waals surface area contributed by atoms with Crippen LogP contribution in [-0.2, 0) is 7.05 Å². The molecule has 3 heteroatoms. The van der Waals surface area contributed by atoms with E-state index in [1.807, 2.05) is 12.5 Å². The van der Waals surface area contributed by atoms with E-state index in [2.05, 4.69) is 88.6 Å². The molecule has 0 fully saturated rings. The van der Waals surface area contributed by atoms with Crippen molar-refractivity contribution in [3.05, 3.63) is 78.8 Å². The van der Waals surface area contributed by atoms with Crippen LogP contribution in [0, 0.1) is 6.92 Å². The number of hydrogen-bond acceptors (Lipinski definition) is 1. The molecule has 0 atom stereocenters. The fraction of sp³-hybridized carbons (Fsp3) is 0.0833. The molecule has 0 unspecified atom stereocenters. The second kappa shape index (κ2) is 5.04. The number of benzene rings is 3. The molecule has 0 aliphatic rings. The third kappa shape index (κ3) is 1.76. The molecular formula is C24H18N3+. The number of nitrogens with zero attached hydrogens (tertiary/aromatic N) is 3. The van der Waals surface area contributed by atoms with Gasteiger partial charge in [-0.1, -0.05) is 41.4 Å². The highest BCUT2D eigenvalue weighted by Crippen LogP contribution is 2.43. The number of rotatable bonds is 1. The molecule has 0 saturated carbocycles. The lowest BCUT2D eigenvalue weighted by molar-refractivity contribution is -0.663. The minimum Gasteiger partial charge on any atom is -0.308 e. The summed E-state index contributed by atoms with van der Waals surface area (Å²) in [5.41, 5.74) is 7.64. The highest BCUT2D eigenvalue weighted by atomic mass is 15.0. The zero-order valence-electron chi connectivity index (χ0n) is 15.3. The first-order valence-corrected chi connectivity index (χ1v) is 9.22. The third-order valence-electron chi connectivity index (χ3n) is 5.85. The average Bonchev–Trinajstić information content (AvgIpc) is 3.21. The summed E-state index contributed by atoms with van der Waals surface area (Å²) in [5, 5.41) is 5.29. The van der Waals surface area contributed by atoms with Crippen molar-refractivity contribution in [1.29, 1.82) is 0 Å². The lowest BCUT2D eigenvalue weighted by Crippen LogP contribution is -2.31. The molecule has 128 valence electrons. The van der Waals surface area contributed by atoms with Crippen molar-refractivity contribution in [2.45, 2.75) is 6.92 Å². The van der Waals surface area contributed by atoms with Crippen LogP contribution in [0.1, 0.15) is 5.56 Å². The van der Waals surface area contributed by atoms with Gasteiger partial charge in [0.1, 0.15) is 11.9 Å². The van der Waals surface area contributed by atoms with E-state index in [-0.39, 0.29) is 0 Å². The van der Waals surface area contributed by atoms with Crippen LogP contribution in [0.2, 0.25) is 0 Å². The minimum absolute atomic E-state index is 1.18. The Morgan fingerprint density at radius 3 is 2.33 bits per heavy atom. The molecule has 0 amide bonds. The molecule has 0 N–H and O–H groups in total. The molecule has 3 heterocycles. The van der Waals surface area contributed by atoms with Crippen LogP contribution >= 0.6 is 0 Å². The van der Waals surface area contributed by atoms with Crippen molar-refractivity contribution in [3.8, 4) is 11.3 Å². The SMILES string of the molecule is Cc1c(-c2ccnc[n+]2C)cc2c3ccccc3n3c4ccccc4c1c23. The van der Waals surface area contributed by atoms with Gasteiger partial charge in [0.15, 0.2) is 0 Å². The molecule has 0 bridgehead atoms.